The Balaban J connectivity index is 2.87. The van der Waals surface area contributed by atoms with Crippen LogP contribution in [0.2, 0.25) is 10.0 Å². The highest BCUT2D eigenvalue weighted by Crippen LogP contribution is 2.28. The fraction of sp³-hybridized carbons (Fsp3) is 0.364. The van der Waals surface area contributed by atoms with E-state index in [2.05, 4.69) is 0 Å². The molecule has 0 amide bonds. The first-order valence-electron chi connectivity index (χ1n) is 4.78. The predicted molar refractivity (Wildman–Crippen MR) is 65.1 cm³/mol. The van der Waals surface area contributed by atoms with Gasteiger partial charge in [-0.2, -0.15) is 0 Å². The molecule has 0 unspecified atom stereocenters. The predicted octanol–water partition coefficient (Wildman–Crippen LogP) is 3.07. The van der Waals surface area contributed by atoms with E-state index >= 15 is 0 Å². The van der Waals surface area contributed by atoms with Crippen molar-refractivity contribution in [1.82, 2.24) is 4.90 Å². The van der Waals surface area contributed by atoms with E-state index in [1.165, 1.54) is 0 Å². The molecule has 1 aromatic carbocycles. The largest absolute Gasteiger partial charge is 0.480 e. The van der Waals surface area contributed by atoms with E-state index in [1.54, 1.807) is 24.1 Å². The van der Waals surface area contributed by atoms with Gasteiger partial charge in [0.25, 0.3) is 0 Å². The SMILES string of the molecule is C[C@@H](c1ccc(Cl)cc1Cl)N(C)CC(=O)O. The van der Waals surface area contributed by atoms with Crippen LogP contribution in [-0.2, 0) is 4.79 Å². The molecule has 0 fully saturated rings. The Labute approximate surface area is 105 Å². The minimum absolute atomic E-state index is 0.0277. The number of halogens is 2. The molecule has 16 heavy (non-hydrogen) atoms. The monoisotopic (exact) mass is 261 g/mol. The van der Waals surface area contributed by atoms with Gasteiger partial charge in [0.15, 0.2) is 0 Å². The number of carboxylic acid groups (broad SMARTS) is 1. The van der Waals surface area contributed by atoms with Gasteiger partial charge >= 0.3 is 5.97 Å². The van der Waals surface area contributed by atoms with Crippen LogP contribution in [0.5, 0.6) is 0 Å². The van der Waals surface area contributed by atoms with Gasteiger partial charge < -0.3 is 5.11 Å². The van der Waals surface area contributed by atoms with Gasteiger partial charge in [-0.05, 0) is 31.7 Å². The molecule has 0 aliphatic carbocycles. The molecular weight excluding hydrogens is 249 g/mol. The van der Waals surface area contributed by atoms with Gasteiger partial charge in [-0.25, -0.2) is 0 Å². The Kier molecular flexibility index (Phi) is 4.59. The smallest absolute Gasteiger partial charge is 0.317 e. The minimum atomic E-state index is -0.862. The van der Waals surface area contributed by atoms with E-state index < -0.39 is 5.97 Å². The highest BCUT2D eigenvalue weighted by atomic mass is 35.5. The molecule has 0 radical (unpaired) electrons. The van der Waals surface area contributed by atoms with Crippen LogP contribution in [-0.4, -0.2) is 29.6 Å². The Morgan fingerprint density at radius 3 is 2.62 bits per heavy atom. The first-order chi connectivity index (χ1) is 7.41. The topological polar surface area (TPSA) is 40.5 Å². The second kappa shape index (κ2) is 5.53. The molecule has 0 heterocycles. The van der Waals surface area contributed by atoms with Crippen molar-refractivity contribution < 1.29 is 9.90 Å². The molecular formula is C11H13Cl2NO2. The normalized spacial score (nSPS) is 12.8. The highest BCUT2D eigenvalue weighted by molar-refractivity contribution is 6.35. The number of benzene rings is 1. The zero-order valence-corrected chi connectivity index (χ0v) is 10.6. The maximum atomic E-state index is 10.6. The van der Waals surface area contributed by atoms with Crippen LogP contribution in [0.25, 0.3) is 0 Å². The van der Waals surface area contributed by atoms with Gasteiger partial charge in [-0.1, -0.05) is 29.3 Å². The summed E-state index contributed by atoms with van der Waals surface area (Å²) in [5.41, 5.74) is 0.870. The van der Waals surface area contributed by atoms with Gasteiger partial charge in [-0.3, -0.25) is 9.69 Å². The molecule has 3 nitrogen and oxygen atoms in total. The highest BCUT2D eigenvalue weighted by Gasteiger charge is 2.16. The first-order valence-corrected chi connectivity index (χ1v) is 5.54. The van der Waals surface area contributed by atoms with Crippen molar-refractivity contribution in [2.24, 2.45) is 0 Å². The molecule has 0 aliphatic rings. The summed E-state index contributed by atoms with van der Waals surface area (Å²) < 4.78 is 0. The Hall–Kier alpha value is -0.770. The van der Waals surface area contributed by atoms with Crippen LogP contribution in [0.15, 0.2) is 18.2 Å². The first kappa shape index (κ1) is 13.3. The van der Waals surface area contributed by atoms with E-state index in [0.717, 1.165) is 5.56 Å². The average Bonchev–Trinajstić information content (AvgIpc) is 2.15. The third kappa shape index (κ3) is 3.37. The summed E-state index contributed by atoms with van der Waals surface area (Å²) in [6.07, 6.45) is 0. The summed E-state index contributed by atoms with van der Waals surface area (Å²) in [6, 6.07) is 5.14. The lowest BCUT2D eigenvalue weighted by Gasteiger charge is -2.24. The van der Waals surface area contributed by atoms with Crippen LogP contribution < -0.4 is 0 Å². The lowest BCUT2D eigenvalue weighted by Crippen LogP contribution is -2.28. The number of carboxylic acids is 1. The van der Waals surface area contributed by atoms with Crippen molar-refractivity contribution in [2.75, 3.05) is 13.6 Å². The van der Waals surface area contributed by atoms with Crippen molar-refractivity contribution in [3.8, 4) is 0 Å². The van der Waals surface area contributed by atoms with Crippen molar-refractivity contribution in [2.45, 2.75) is 13.0 Å². The summed E-state index contributed by atoms with van der Waals surface area (Å²) >= 11 is 11.8. The number of hydrogen-bond acceptors (Lipinski definition) is 2. The average molecular weight is 262 g/mol. The Bertz CT molecular complexity index is 396. The summed E-state index contributed by atoms with van der Waals surface area (Å²) in [6.45, 7) is 1.87. The number of nitrogens with zero attached hydrogens (tertiary/aromatic N) is 1. The molecule has 0 spiro atoms. The third-order valence-electron chi connectivity index (χ3n) is 2.46. The number of likely N-dealkylation sites (N-methyl/N-ethyl adjacent to an activating group) is 1. The molecule has 0 aliphatic heterocycles. The molecule has 1 aromatic rings. The quantitative estimate of drug-likeness (QED) is 0.906. The van der Waals surface area contributed by atoms with Crippen LogP contribution in [0.3, 0.4) is 0 Å². The lowest BCUT2D eigenvalue weighted by atomic mass is 10.1. The molecule has 0 saturated carbocycles. The summed E-state index contributed by atoms with van der Waals surface area (Å²) in [5.74, 6) is -0.862. The Morgan fingerprint density at radius 1 is 1.50 bits per heavy atom. The maximum absolute atomic E-state index is 10.6. The van der Waals surface area contributed by atoms with Gasteiger partial charge in [0.2, 0.25) is 0 Å². The van der Waals surface area contributed by atoms with Crippen LogP contribution in [0.1, 0.15) is 18.5 Å². The van der Waals surface area contributed by atoms with Crippen LogP contribution in [0, 0.1) is 0 Å². The molecule has 5 heteroatoms. The number of rotatable bonds is 4. The zero-order valence-electron chi connectivity index (χ0n) is 9.08. The summed E-state index contributed by atoms with van der Waals surface area (Å²) in [7, 11) is 1.74. The van der Waals surface area contributed by atoms with Crippen molar-refractivity contribution in [3.05, 3.63) is 33.8 Å². The van der Waals surface area contributed by atoms with Gasteiger partial charge in [0.1, 0.15) is 0 Å². The van der Waals surface area contributed by atoms with Crippen LogP contribution >= 0.6 is 23.2 Å². The van der Waals surface area contributed by atoms with Gasteiger partial charge in [0, 0.05) is 16.1 Å². The summed E-state index contributed by atoms with van der Waals surface area (Å²) in [4.78, 5) is 12.3. The Morgan fingerprint density at radius 2 is 2.12 bits per heavy atom. The second-order valence-corrected chi connectivity index (χ2v) is 4.49. The maximum Gasteiger partial charge on any atom is 0.317 e. The van der Waals surface area contributed by atoms with E-state index in [-0.39, 0.29) is 12.6 Å². The van der Waals surface area contributed by atoms with Crippen LogP contribution in [0.4, 0.5) is 0 Å². The molecule has 0 aromatic heterocycles. The standard InChI is InChI=1S/C11H13Cl2NO2/c1-7(14(2)6-11(15)16)9-4-3-8(12)5-10(9)13/h3-5,7H,6H2,1-2H3,(H,15,16)/t7-/m0/s1. The lowest BCUT2D eigenvalue weighted by molar-refractivity contribution is -0.138. The molecule has 0 saturated heterocycles. The molecule has 1 N–H and O–H groups in total. The van der Waals surface area contributed by atoms with Crippen molar-refractivity contribution >= 4 is 29.2 Å². The third-order valence-corrected chi connectivity index (χ3v) is 3.02. The fourth-order valence-corrected chi connectivity index (χ4v) is 1.99. The number of hydrogen-bond donors (Lipinski definition) is 1. The number of aliphatic carboxylic acids is 1. The molecule has 88 valence electrons. The number of carbonyl (C=O) groups is 1. The molecule has 0 bridgehead atoms. The van der Waals surface area contributed by atoms with E-state index in [1.807, 2.05) is 13.0 Å². The van der Waals surface area contributed by atoms with E-state index in [0.29, 0.717) is 10.0 Å². The second-order valence-electron chi connectivity index (χ2n) is 3.65. The van der Waals surface area contributed by atoms with Crippen molar-refractivity contribution in [1.29, 1.82) is 0 Å². The fourth-order valence-electron chi connectivity index (χ4n) is 1.43. The molecule has 1 atom stereocenters. The zero-order chi connectivity index (χ0) is 12.3. The summed E-state index contributed by atoms with van der Waals surface area (Å²) in [5, 5.41) is 9.82. The van der Waals surface area contributed by atoms with E-state index in [4.69, 9.17) is 28.3 Å². The van der Waals surface area contributed by atoms with Crippen molar-refractivity contribution in [3.63, 3.8) is 0 Å². The minimum Gasteiger partial charge on any atom is -0.480 e. The van der Waals surface area contributed by atoms with Gasteiger partial charge in [-0.15, -0.1) is 0 Å². The van der Waals surface area contributed by atoms with Gasteiger partial charge in [0.05, 0.1) is 6.54 Å². The van der Waals surface area contributed by atoms with E-state index in [9.17, 15) is 4.79 Å². The molecule has 1 rings (SSSR count).